The van der Waals surface area contributed by atoms with Crippen molar-refractivity contribution < 1.29 is 9.15 Å². The summed E-state index contributed by atoms with van der Waals surface area (Å²) < 4.78 is 10.6. The Bertz CT molecular complexity index is 881. The van der Waals surface area contributed by atoms with Crippen molar-refractivity contribution in [3.05, 3.63) is 52.6 Å². The summed E-state index contributed by atoms with van der Waals surface area (Å²) >= 11 is 1.46. The van der Waals surface area contributed by atoms with Crippen molar-refractivity contribution in [2.24, 2.45) is 0 Å². The van der Waals surface area contributed by atoms with Crippen LogP contribution in [0.25, 0.3) is 11.0 Å². The van der Waals surface area contributed by atoms with E-state index in [0.29, 0.717) is 11.5 Å². The smallest absolute Gasteiger partial charge is 0.337 e. The molecule has 1 aromatic carbocycles. The van der Waals surface area contributed by atoms with Crippen LogP contribution in [0.1, 0.15) is 24.5 Å². The molecule has 0 radical (unpaired) electrons. The lowest BCUT2D eigenvalue weighted by Gasteiger charge is -2.20. The summed E-state index contributed by atoms with van der Waals surface area (Å²) in [4.78, 5) is 20.4. The molecule has 1 aliphatic rings. The van der Waals surface area contributed by atoms with E-state index in [4.69, 9.17) is 9.15 Å². The van der Waals surface area contributed by atoms with Crippen LogP contribution in [-0.2, 0) is 4.74 Å². The molecule has 0 aliphatic carbocycles. The molecule has 5 nitrogen and oxygen atoms in total. The second-order valence-corrected chi connectivity index (χ2v) is 6.59. The largest absolute Gasteiger partial charge is 0.423 e. The number of para-hydroxylation sites is 1. The highest BCUT2D eigenvalue weighted by molar-refractivity contribution is 7.99. The van der Waals surface area contributed by atoms with Gasteiger partial charge in [0.15, 0.2) is 5.16 Å². The lowest BCUT2D eigenvalue weighted by molar-refractivity contribution is 0.0845. The van der Waals surface area contributed by atoms with E-state index in [-0.39, 0.29) is 5.63 Å². The fourth-order valence-electron chi connectivity index (χ4n) is 2.85. The summed E-state index contributed by atoms with van der Waals surface area (Å²) in [5.74, 6) is 0.475. The van der Waals surface area contributed by atoms with Gasteiger partial charge in [0.05, 0.1) is 0 Å². The van der Waals surface area contributed by atoms with E-state index < -0.39 is 0 Å². The summed E-state index contributed by atoms with van der Waals surface area (Å²) in [7, 11) is 0. The average Bonchev–Trinajstić information content (AvgIpc) is 3.04. The second-order valence-electron chi connectivity index (χ2n) is 5.56. The predicted molar refractivity (Wildman–Crippen MR) is 88.0 cm³/mol. The van der Waals surface area contributed by atoms with Crippen LogP contribution in [0.15, 0.2) is 55.8 Å². The normalized spacial score (nSPS) is 16.0. The number of H-pyrrole nitrogens is 1. The molecule has 0 amide bonds. The fraction of sp³-hybridized carbons (Fsp3) is 0.294. The Balaban J connectivity index is 1.63. The Morgan fingerprint density at radius 2 is 2.04 bits per heavy atom. The molecule has 3 aromatic rings. The second kappa shape index (κ2) is 6.22. The summed E-state index contributed by atoms with van der Waals surface area (Å²) in [6.45, 7) is 1.60. The first-order valence-electron chi connectivity index (χ1n) is 7.63. The molecule has 0 saturated carbocycles. The number of ether oxygens (including phenoxy) is 1. The number of aromatic nitrogens is 2. The molecule has 0 bridgehead atoms. The van der Waals surface area contributed by atoms with E-state index in [1.807, 2.05) is 24.4 Å². The zero-order chi connectivity index (χ0) is 15.6. The number of rotatable bonds is 3. The molecule has 4 rings (SSSR count). The van der Waals surface area contributed by atoms with Crippen molar-refractivity contribution in [1.82, 2.24) is 9.97 Å². The van der Waals surface area contributed by atoms with Crippen LogP contribution >= 0.6 is 11.8 Å². The summed E-state index contributed by atoms with van der Waals surface area (Å²) in [5, 5.41) is 1.71. The van der Waals surface area contributed by atoms with Gasteiger partial charge >= 0.3 is 5.63 Å². The lowest BCUT2D eigenvalue weighted by Crippen LogP contribution is -2.14. The van der Waals surface area contributed by atoms with Crippen molar-refractivity contribution in [2.45, 2.75) is 28.8 Å². The van der Waals surface area contributed by atoms with E-state index in [2.05, 4.69) is 9.97 Å². The zero-order valence-corrected chi connectivity index (χ0v) is 13.3. The molecular formula is C17H16N2O3S. The summed E-state index contributed by atoms with van der Waals surface area (Å²) in [5.41, 5.74) is 1.39. The summed E-state index contributed by atoms with van der Waals surface area (Å²) in [6.07, 6.45) is 3.93. The third-order valence-corrected chi connectivity index (χ3v) is 5.01. The van der Waals surface area contributed by atoms with Gasteiger partial charge in [-0.2, -0.15) is 0 Å². The van der Waals surface area contributed by atoms with Crippen LogP contribution in [0.2, 0.25) is 0 Å². The Morgan fingerprint density at radius 3 is 2.91 bits per heavy atom. The van der Waals surface area contributed by atoms with E-state index >= 15 is 0 Å². The third kappa shape index (κ3) is 3.04. The van der Waals surface area contributed by atoms with Gasteiger partial charge in [-0.15, -0.1) is 0 Å². The van der Waals surface area contributed by atoms with Crippen LogP contribution in [0.5, 0.6) is 0 Å². The monoisotopic (exact) mass is 328 g/mol. The third-order valence-electron chi connectivity index (χ3n) is 4.05. The van der Waals surface area contributed by atoms with Crippen molar-refractivity contribution in [3.8, 4) is 0 Å². The highest BCUT2D eigenvalue weighted by Gasteiger charge is 2.18. The number of nitrogens with zero attached hydrogens (tertiary/aromatic N) is 1. The first kappa shape index (κ1) is 14.5. The topological polar surface area (TPSA) is 68.1 Å². The number of hydrogen-bond donors (Lipinski definition) is 1. The zero-order valence-electron chi connectivity index (χ0n) is 12.5. The van der Waals surface area contributed by atoms with Crippen LogP contribution in [0.4, 0.5) is 0 Å². The molecule has 2 aromatic heterocycles. The van der Waals surface area contributed by atoms with Crippen LogP contribution in [-0.4, -0.2) is 23.2 Å². The highest BCUT2D eigenvalue weighted by atomic mass is 32.2. The molecule has 118 valence electrons. The minimum absolute atomic E-state index is 0.345. The Kier molecular flexibility index (Phi) is 3.93. The molecule has 23 heavy (non-hydrogen) atoms. The Morgan fingerprint density at radius 1 is 1.22 bits per heavy atom. The highest BCUT2D eigenvalue weighted by Crippen LogP contribution is 2.32. The first-order chi connectivity index (χ1) is 11.3. The van der Waals surface area contributed by atoms with E-state index in [1.165, 1.54) is 17.8 Å². The summed E-state index contributed by atoms with van der Waals surface area (Å²) in [6, 6.07) is 9.06. The maximum absolute atomic E-state index is 11.7. The van der Waals surface area contributed by atoms with Gasteiger partial charge in [-0.1, -0.05) is 30.0 Å². The predicted octanol–water partition coefficient (Wildman–Crippen LogP) is 3.56. The standard InChI is InChI=1S/C17H16N2O3S/c20-16-9-15(12-3-1-2-4-14(12)22-16)23-17-18-10-13(19-17)11-5-7-21-8-6-11/h1-4,9-11H,5-8H2,(H,18,19). The Labute approximate surface area is 137 Å². The molecule has 0 unspecified atom stereocenters. The maximum atomic E-state index is 11.7. The van der Waals surface area contributed by atoms with E-state index in [0.717, 1.165) is 47.2 Å². The van der Waals surface area contributed by atoms with Gasteiger partial charge < -0.3 is 14.1 Å². The van der Waals surface area contributed by atoms with Gasteiger partial charge in [0.2, 0.25) is 0 Å². The molecule has 0 atom stereocenters. The van der Waals surface area contributed by atoms with Crippen molar-refractivity contribution in [1.29, 1.82) is 0 Å². The molecule has 6 heteroatoms. The minimum Gasteiger partial charge on any atom is -0.423 e. The van der Waals surface area contributed by atoms with Gasteiger partial charge in [-0.25, -0.2) is 9.78 Å². The molecule has 1 fully saturated rings. The van der Waals surface area contributed by atoms with E-state index in [1.54, 1.807) is 6.07 Å². The number of hydrogen-bond acceptors (Lipinski definition) is 5. The maximum Gasteiger partial charge on any atom is 0.337 e. The number of fused-ring (bicyclic) bond motifs is 1. The molecule has 3 heterocycles. The minimum atomic E-state index is -0.345. The molecule has 1 aliphatic heterocycles. The molecular weight excluding hydrogens is 312 g/mol. The molecule has 0 spiro atoms. The van der Waals surface area contributed by atoms with Gasteiger partial charge in [0.25, 0.3) is 0 Å². The molecule has 1 N–H and O–H groups in total. The Hall–Kier alpha value is -2.05. The quantitative estimate of drug-likeness (QED) is 0.745. The number of aromatic amines is 1. The average molecular weight is 328 g/mol. The lowest BCUT2D eigenvalue weighted by atomic mass is 9.97. The number of nitrogens with one attached hydrogen (secondary N) is 1. The first-order valence-corrected chi connectivity index (χ1v) is 8.44. The van der Waals surface area contributed by atoms with Crippen molar-refractivity contribution in [2.75, 3.05) is 13.2 Å². The van der Waals surface area contributed by atoms with Gasteiger partial charge in [0, 0.05) is 47.4 Å². The van der Waals surface area contributed by atoms with Gasteiger partial charge in [0.1, 0.15) is 5.58 Å². The SMILES string of the molecule is O=c1cc(Sc2ncc(C3CCOCC3)[nH]2)c2ccccc2o1. The van der Waals surface area contributed by atoms with Gasteiger partial charge in [-0.05, 0) is 18.9 Å². The van der Waals surface area contributed by atoms with Crippen LogP contribution in [0, 0.1) is 0 Å². The number of benzene rings is 1. The van der Waals surface area contributed by atoms with Crippen LogP contribution in [0.3, 0.4) is 0 Å². The molecule has 1 saturated heterocycles. The van der Waals surface area contributed by atoms with Crippen molar-refractivity contribution >= 4 is 22.7 Å². The fourth-order valence-corrected chi connectivity index (χ4v) is 3.77. The van der Waals surface area contributed by atoms with Gasteiger partial charge in [-0.3, -0.25) is 0 Å². The van der Waals surface area contributed by atoms with Crippen LogP contribution < -0.4 is 5.63 Å². The number of imidazole rings is 1. The van der Waals surface area contributed by atoms with E-state index in [9.17, 15) is 4.79 Å². The van der Waals surface area contributed by atoms with Crippen molar-refractivity contribution in [3.63, 3.8) is 0 Å².